The van der Waals surface area contributed by atoms with Crippen molar-refractivity contribution in [2.75, 3.05) is 0 Å². The van der Waals surface area contributed by atoms with Crippen LogP contribution in [-0.4, -0.2) is 5.91 Å². The first-order valence-corrected chi connectivity index (χ1v) is 7.74. The Labute approximate surface area is 132 Å². The molecule has 3 rings (SSSR count). The van der Waals surface area contributed by atoms with Crippen LogP contribution < -0.4 is 5.32 Å². The molecule has 0 saturated carbocycles. The maximum atomic E-state index is 12.5. The van der Waals surface area contributed by atoms with Gasteiger partial charge in [0.15, 0.2) is 0 Å². The fraction of sp³-hybridized carbons (Fsp3) is 0.235. The Hall–Kier alpha value is -1.36. The lowest BCUT2D eigenvalue weighted by molar-refractivity contribution is -0.126. The highest BCUT2D eigenvalue weighted by molar-refractivity contribution is 14.1. The largest absolute Gasteiger partial charge is 0.329 e. The van der Waals surface area contributed by atoms with Crippen LogP contribution >= 0.6 is 22.6 Å². The smallest absolute Gasteiger partial charge is 0.235 e. The molecule has 2 nitrogen and oxygen atoms in total. The van der Waals surface area contributed by atoms with Crippen LogP contribution in [0.5, 0.6) is 0 Å². The molecule has 1 aromatic rings. The molecule has 1 aliphatic heterocycles. The highest BCUT2D eigenvalue weighted by Crippen LogP contribution is 2.47. The van der Waals surface area contributed by atoms with E-state index < -0.39 is 5.41 Å². The quantitative estimate of drug-likeness (QED) is 0.620. The second kappa shape index (κ2) is 4.88. The maximum absolute atomic E-state index is 12.5. The second-order valence-corrected chi connectivity index (χ2v) is 6.68. The summed E-state index contributed by atoms with van der Waals surface area (Å²) in [4.78, 5) is 12.5. The van der Waals surface area contributed by atoms with Crippen LogP contribution in [-0.2, 0) is 17.6 Å². The van der Waals surface area contributed by atoms with E-state index in [4.69, 9.17) is 0 Å². The van der Waals surface area contributed by atoms with Gasteiger partial charge in [-0.15, -0.1) is 0 Å². The minimum absolute atomic E-state index is 0.130. The van der Waals surface area contributed by atoms with Crippen LogP contribution in [0.25, 0.3) is 0 Å². The summed E-state index contributed by atoms with van der Waals surface area (Å²) in [6.07, 6.45) is 7.27. The number of rotatable bonds is 2. The molecule has 20 heavy (non-hydrogen) atoms. The number of fused-ring (bicyclic) bond motifs is 1. The topological polar surface area (TPSA) is 29.1 Å². The van der Waals surface area contributed by atoms with Crippen LogP contribution in [0.4, 0.5) is 0 Å². The third kappa shape index (κ3) is 1.95. The molecule has 0 aromatic heterocycles. The Morgan fingerprint density at radius 2 is 2.10 bits per heavy atom. The molecule has 0 bridgehead atoms. The Bertz CT molecular complexity index is 672. The molecule has 1 amide bonds. The lowest BCUT2D eigenvalue weighted by Gasteiger charge is -2.22. The predicted octanol–water partition coefficient (Wildman–Crippen LogP) is 3.52. The van der Waals surface area contributed by atoms with Crippen molar-refractivity contribution in [3.63, 3.8) is 0 Å². The number of halogens is 1. The third-order valence-corrected chi connectivity index (χ3v) is 4.88. The van der Waals surface area contributed by atoms with Gasteiger partial charge >= 0.3 is 0 Å². The molecule has 0 radical (unpaired) electrons. The number of hydrogen-bond acceptors (Lipinski definition) is 1. The number of nitrogens with one attached hydrogen (secondary N) is 1. The van der Waals surface area contributed by atoms with Crippen LogP contribution in [0.2, 0.25) is 0 Å². The molecule has 1 atom stereocenters. The zero-order valence-electron chi connectivity index (χ0n) is 11.4. The summed E-state index contributed by atoms with van der Waals surface area (Å²) >= 11 is 2.32. The van der Waals surface area contributed by atoms with E-state index in [9.17, 15) is 4.79 Å². The van der Waals surface area contributed by atoms with E-state index in [1.165, 1.54) is 14.7 Å². The summed E-state index contributed by atoms with van der Waals surface area (Å²) in [5.41, 5.74) is 4.24. The molecule has 0 saturated heterocycles. The van der Waals surface area contributed by atoms with Gasteiger partial charge in [0, 0.05) is 9.27 Å². The average molecular weight is 377 g/mol. The first-order chi connectivity index (χ1) is 9.56. The van der Waals surface area contributed by atoms with Crippen LogP contribution in [0, 0.1) is 8.99 Å². The number of allylic oxidation sites excluding steroid dienone is 4. The van der Waals surface area contributed by atoms with Gasteiger partial charge in [0.05, 0.1) is 5.41 Å². The van der Waals surface area contributed by atoms with Gasteiger partial charge in [-0.25, -0.2) is 0 Å². The van der Waals surface area contributed by atoms with Crippen molar-refractivity contribution in [2.45, 2.75) is 19.8 Å². The number of hydrogen-bond donors (Lipinski definition) is 1. The molecular formula is C17H16INO. The van der Waals surface area contributed by atoms with E-state index in [0.29, 0.717) is 0 Å². The van der Waals surface area contributed by atoms with Crippen molar-refractivity contribution < 1.29 is 4.79 Å². The van der Waals surface area contributed by atoms with Crippen molar-refractivity contribution in [1.82, 2.24) is 5.32 Å². The van der Waals surface area contributed by atoms with Gasteiger partial charge in [0.1, 0.15) is 0 Å². The van der Waals surface area contributed by atoms with Crippen LogP contribution in [0.3, 0.4) is 0 Å². The molecule has 0 fully saturated rings. The van der Waals surface area contributed by atoms with Gasteiger partial charge < -0.3 is 5.32 Å². The molecule has 1 heterocycles. The summed E-state index contributed by atoms with van der Waals surface area (Å²) in [7, 11) is 0. The fourth-order valence-corrected chi connectivity index (χ4v) is 3.84. The molecule has 1 spiro atoms. The standard InChI is InChI=1S/C17H16INO/c1-3-4-5-15-11(2)19-16(20)17(15)9-12-6-7-14(18)8-13(12)10-17/h3-8H,1,9-10H2,2H3,(H,19,20)/b5-4-/t17-/m1/s1. The Morgan fingerprint density at radius 1 is 1.35 bits per heavy atom. The monoisotopic (exact) mass is 377 g/mol. The summed E-state index contributed by atoms with van der Waals surface area (Å²) in [5.74, 6) is 0.130. The molecule has 1 aromatic carbocycles. The van der Waals surface area contributed by atoms with Gasteiger partial charge in [-0.3, -0.25) is 4.79 Å². The number of benzene rings is 1. The van der Waals surface area contributed by atoms with E-state index >= 15 is 0 Å². The molecule has 102 valence electrons. The molecule has 0 unspecified atom stereocenters. The molecular weight excluding hydrogens is 361 g/mol. The summed E-state index contributed by atoms with van der Waals surface area (Å²) in [6.45, 7) is 5.69. The van der Waals surface area contributed by atoms with Crippen molar-refractivity contribution in [3.05, 3.63) is 69.0 Å². The van der Waals surface area contributed by atoms with E-state index in [1.54, 1.807) is 6.08 Å². The summed E-state index contributed by atoms with van der Waals surface area (Å²) in [5, 5.41) is 3.01. The van der Waals surface area contributed by atoms with E-state index in [0.717, 1.165) is 24.1 Å². The molecule has 1 aliphatic carbocycles. The predicted molar refractivity (Wildman–Crippen MR) is 89.2 cm³/mol. The van der Waals surface area contributed by atoms with E-state index in [2.05, 4.69) is 52.7 Å². The summed E-state index contributed by atoms with van der Waals surface area (Å²) in [6, 6.07) is 6.46. The van der Waals surface area contributed by atoms with Crippen molar-refractivity contribution in [2.24, 2.45) is 5.41 Å². The number of carbonyl (C=O) groups excluding carboxylic acids is 1. The Kier molecular flexibility index (Phi) is 3.32. The van der Waals surface area contributed by atoms with Crippen molar-refractivity contribution >= 4 is 28.5 Å². The van der Waals surface area contributed by atoms with E-state index in [-0.39, 0.29) is 5.91 Å². The number of carbonyl (C=O) groups is 1. The zero-order chi connectivity index (χ0) is 14.3. The molecule has 1 N–H and O–H groups in total. The van der Waals surface area contributed by atoms with E-state index in [1.807, 2.05) is 19.1 Å². The molecule has 2 aliphatic rings. The maximum Gasteiger partial charge on any atom is 0.235 e. The Morgan fingerprint density at radius 3 is 2.85 bits per heavy atom. The Balaban J connectivity index is 2.07. The first-order valence-electron chi connectivity index (χ1n) is 6.66. The lowest BCUT2D eigenvalue weighted by Crippen LogP contribution is -2.34. The minimum atomic E-state index is -0.420. The van der Waals surface area contributed by atoms with Gasteiger partial charge in [0.25, 0.3) is 0 Å². The highest BCUT2D eigenvalue weighted by atomic mass is 127. The number of amides is 1. The van der Waals surface area contributed by atoms with Gasteiger partial charge in [-0.2, -0.15) is 0 Å². The van der Waals surface area contributed by atoms with Gasteiger partial charge in [0.2, 0.25) is 5.91 Å². The first kappa shape index (κ1) is 13.6. The van der Waals surface area contributed by atoms with Crippen LogP contribution in [0.1, 0.15) is 18.1 Å². The second-order valence-electron chi connectivity index (χ2n) is 5.44. The zero-order valence-corrected chi connectivity index (χ0v) is 13.5. The van der Waals surface area contributed by atoms with Crippen molar-refractivity contribution in [1.29, 1.82) is 0 Å². The average Bonchev–Trinajstić information content (AvgIpc) is 2.87. The SMILES string of the molecule is C=C/C=C\C1=C(C)NC(=O)[C@@]12Cc1ccc(I)cc1C2. The molecule has 3 heteroatoms. The fourth-order valence-electron chi connectivity index (χ4n) is 3.28. The van der Waals surface area contributed by atoms with Gasteiger partial charge in [-0.1, -0.05) is 30.9 Å². The minimum Gasteiger partial charge on any atom is -0.329 e. The lowest BCUT2D eigenvalue weighted by atomic mass is 9.78. The van der Waals surface area contributed by atoms with Crippen molar-refractivity contribution in [3.8, 4) is 0 Å². The van der Waals surface area contributed by atoms with Crippen LogP contribution in [0.15, 0.2) is 54.3 Å². The van der Waals surface area contributed by atoms with Gasteiger partial charge in [-0.05, 0) is 71.2 Å². The third-order valence-electron chi connectivity index (χ3n) is 4.21. The highest BCUT2D eigenvalue weighted by Gasteiger charge is 2.50. The normalized spacial score (nSPS) is 24.6. The summed E-state index contributed by atoms with van der Waals surface area (Å²) < 4.78 is 1.22.